The maximum absolute atomic E-state index is 11.9. The van der Waals surface area contributed by atoms with Crippen LogP contribution >= 0.6 is 0 Å². The topological polar surface area (TPSA) is 127 Å². The van der Waals surface area contributed by atoms with Crippen molar-refractivity contribution in [1.29, 1.82) is 0 Å². The number of nitrogens with two attached hydrogens (primary N) is 1. The van der Waals surface area contributed by atoms with Crippen molar-refractivity contribution >= 4 is 11.7 Å². The van der Waals surface area contributed by atoms with Crippen LogP contribution in [0.15, 0.2) is 9.68 Å². The zero-order valence-electron chi connectivity index (χ0n) is 11.3. The molecule has 0 radical (unpaired) electrons. The molecule has 1 rings (SSSR count). The quantitative estimate of drug-likeness (QED) is 0.290. The summed E-state index contributed by atoms with van der Waals surface area (Å²) >= 11 is 0. The Morgan fingerprint density at radius 2 is 2.26 bits per heavy atom. The molecular formula is C11H19N5O3. The van der Waals surface area contributed by atoms with Gasteiger partial charge in [-0.3, -0.25) is 4.79 Å². The number of aryl methyl sites for hydroxylation is 1. The third-order valence-corrected chi connectivity index (χ3v) is 2.60. The van der Waals surface area contributed by atoms with E-state index in [-0.39, 0.29) is 17.7 Å². The first-order valence-corrected chi connectivity index (χ1v) is 6.00. The molecule has 1 amide bonds. The number of amidine groups is 1. The fourth-order valence-corrected chi connectivity index (χ4v) is 1.69. The average molecular weight is 269 g/mol. The number of aromatic nitrogens is 2. The summed E-state index contributed by atoms with van der Waals surface area (Å²) in [7, 11) is 0. The SMILES string of the molecule is Cc1nc(CCNC(=O)C(C(N)=NO)C(C)C)no1. The lowest BCUT2D eigenvalue weighted by molar-refractivity contribution is -0.124. The molecule has 1 aromatic heterocycles. The van der Waals surface area contributed by atoms with Gasteiger partial charge in [-0.15, -0.1) is 0 Å². The first kappa shape index (κ1) is 14.9. The molecule has 4 N–H and O–H groups in total. The van der Waals surface area contributed by atoms with E-state index in [1.165, 1.54) is 0 Å². The number of nitrogens with one attached hydrogen (secondary N) is 1. The fraction of sp³-hybridized carbons (Fsp3) is 0.636. The Balaban J connectivity index is 2.49. The van der Waals surface area contributed by atoms with E-state index in [2.05, 4.69) is 20.6 Å². The van der Waals surface area contributed by atoms with Gasteiger partial charge >= 0.3 is 0 Å². The van der Waals surface area contributed by atoms with Crippen molar-refractivity contribution in [3.63, 3.8) is 0 Å². The highest BCUT2D eigenvalue weighted by Gasteiger charge is 2.26. The summed E-state index contributed by atoms with van der Waals surface area (Å²) in [4.78, 5) is 16.0. The van der Waals surface area contributed by atoms with E-state index < -0.39 is 5.92 Å². The fourth-order valence-electron chi connectivity index (χ4n) is 1.69. The molecule has 8 nitrogen and oxygen atoms in total. The van der Waals surface area contributed by atoms with Gasteiger partial charge in [0.2, 0.25) is 11.8 Å². The number of nitrogens with zero attached hydrogens (tertiary/aromatic N) is 3. The number of oxime groups is 1. The molecule has 0 aromatic carbocycles. The minimum atomic E-state index is -0.656. The second kappa shape index (κ2) is 6.72. The van der Waals surface area contributed by atoms with Crippen molar-refractivity contribution in [3.8, 4) is 0 Å². The van der Waals surface area contributed by atoms with Crippen LogP contribution in [0.25, 0.3) is 0 Å². The minimum Gasteiger partial charge on any atom is -0.409 e. The van der Waals surface area contributed by atoms with Crippen LogP contribution in [0.1, 0.15) is 25.6 Å². The molecule has 0 bridgehead atoms. The molecule has 0 spiro atoms. The van der Waals surface area contributed by atoms with Gasteiger partial charge in [0.1, 0.15) is 5.92 Å². The smallest absolute Gasteiger partial charge is 0.231 e. The summed E-state index contributed by atoms with van der Waals surface area (Å²) in [5.41, 5.74) is 5.50. The van der Waals surface area contributed by atoms with Crippen molar-refractivity contribution in [2.24, 2.45) is 22.7 Å². The number of hydrogen-bond donors (Lipinski definition) is 3. The summed E-state index contributed by atoms with van der Waals surface area (Å²) in [6.07, 6.45) is 0.462. The van der Waals surface area contributed by atoms with Crippen molar-refractivity contribution in [1.82, 2.24) is 15.5 Å². The maximum atomic E-state index is 11.9. The standard InChI is InChI=1S/C11H19N5O3/c1-6(2)9(10(12)15-18)11(17)13-5-4-8-14-7(3)19-16-8/h6,9,18H,4-5H2,1-3H3,(H2,12,15)(H,13,17). The molecule has 8 heteroatoms. The third kappa shape index (κ3) is 4.23. The van der Waals surface area contributed by atoms with Crippen LogP contribution in [0.4, 0.5) is 0 Å². The van der Waals surface area contributed by atoms with Crippen LogP contribution in [-0.2, 0) is 11.2 Å². The van der Waals surface area contributed by atoms with Gasteiger partial charge in [0.05, 0.1) is 0 Å². The van der Waals surface area contributed by atoms with Crippen molar-refractivity contribution < 1.29 is 14.5 Å². The number of rotatable bonds is 6. The molecule has 0 aliphatic rings. The van der Waals surface area contributed by atoms with Crippen LogP contribution in [0.5, 0.6) is 0 Å². The van der Waals surface area contributed by atoms with Gasteiger partial charge in [-0.1, -0.05) is 24.2 Å². The number of hydrogen-bond acceptors (Lipinski definition) is 6. The third-order valence-electron chi connectivity index (χ3n) is 2.60. The van der Waals surface area contributed by atoms with Crippen molar-refractivity contribution in [3.05, 3.63) is 11.7 Å². The summed E-state index contributed by atoms with van der Waals surface area (Å²) in [5, 5.41) is 18.0. The highest BCUT2D eigenvalue weighted by molar-refractivity contribution is 6.02. The van der Waals surface area contributed by atoms with Crippen LogP contribution in [0, 0.1) is 18.8 Å². The van der Waals surface area contributed by atoms with Gasteiger partial charge in [0.15, 0.2) is 11.7 Å². The van der Waals surface area contributed by atoms with E-state index in [9.17, 15) is 4.79 Å². The lowest BCUT2D eigenvalue weighted by atomic mass is 9.94. The monoisotopic (exact) mass is 269 g/mol. The number of carbonyl (C=O) groups is 1. The molecular weight excluding hydrogens is 250 g/mol. The number of carbonyl (C=O) groups excluding carboxylic acids is 1. The highest BCUT2D eigenvalue weighted by Crippen LogP contribution is 2.11. The molecule has 0 aliphatic carbocycles. The molecule has 106 valence electrons. The molecule has 1 unspecified atom stereocenters. The first-order chi connectivity index (χ1) is 8.95. The molecule has 0 saturated heterocycles. The van der Waals surface area contributed by atoms with Gasteiger partial charge in [0, 0.05) is 19.9 Å². The Hall–Kier alpha value is -2.12. The van der Waals surface area contributed by atoms with Crippen LogP contribution < -0.4 is 11.1 Å². The maximum Gasteiger partial charge on any atom is 0.231 e. The predicted octanol–water partition coefficient (Wildman–Crippen LogP) is 0.0553. The Bertz CT molecular complexity index is 455. The second-order valence-electron chi connectivity index (χ2n) is 4.52. The Kier molecular flexibility index (Phi) is 5.28. The summed E-state index contributed by atoms with van der Waals surface area (Å²) in [6.45, 7) is 5.71. The molecule has 0 fully saturated rings. The molecule has 1 heterocycles. The van der Waals surface area contributed by atoms with Crippen molar-refractivity contribution in [2.75, 3.05) is 6.54 Å². The summed E-state index contributed by atoms with van der Waals surface area (Å²) in [5.74, 6) is -0.0884. The van der Waals surface area contributed by atoms with E-state index in [0.29, 0.717) is 24.7 Å². The average Bonchev–Trinajstić information content (AvgIpc) is 2.74. The largest absolute Gasteiger partial charge is 0.409 e. The van der Waals surface area contributed by atoms with Gasteiger partial charge in [-0.2, -0.15) is 4.98 Å². The molecule has 0 aliphatic heterocycles. The van der Waals surface area contributed by atoms with E-state index >= 15 is 0 Å². The molecule has 0 saturated carbocycles. The van der Waals surface area contributed by atoms with Gasteiger partial charge in [0.25, 0.3) is 0 Å². The predicted molar refractivity (Wildman–Crippen MR) is 67.5 cm³/mol. The molecule has 19 heavy (non-hydrogen) atoms. The first-order valence-electron chi connectivity index (χ1n) is 6.00. The van der Waals surface area contributed by atoms with E-state index in [1.54, 1.807) is 6.92 Å². The Morgan fingerprint density at radius 3 is 2.74 bits per heavy atom. The van der Waals surface area contributed by atoms with E-state index in [0.717, 1.165) is 0 Å². The second-order valence-corrected chi connectivity index (χ2v) is 4.52. The summed E-state index contributed by atoms with van der Waals surface area (Å²) in [6, 6.07) is 0. The van der Waals surface area contributed by atoms with Crippen molar-refractivity contribution in [2.45, 2.75) is 27.2 Å². The lowest BCUT2D eigenvalue weighted by Gasteiger charge is -2.18. The van der Waals surface area contributed by atoms with Gasteiger partial charge < -0.3 is 20.8 Å². The van der Waals surface area contributed by atoms with E-state index in [1.807, 2.05) is 13.8 Å². The van der Waals surface area contributed by atoms with Crippen LogP contribution in [-0.4, -0.2) is 33.6 Å². The molecule has 1 atom stereocenters. The molecule has 1 aromatic rings. The Labute approximate surface area is 111 Å². The van der Waals surface area contributed by atoms with Crippen LogP contribution in [0.3, 0.4) is 0 Å². The normalized spacial score (nSPS) is 13.6. The van der Waals surface area contributed by atoms with Gasteiger partial charge in [-0.05, 0) is 5.92 Å². The Morgan fingerprint density at radius 1 is 1.58 bits per heavy atom. The van der Waals surface area contributed by atoms with Gasteiger partial charge in [-0.25, -0.2) is 0 Å². The van der Waals surface area contributed by atoms with E-state index in [4.69, 9.17) is 15.5 Å². The summed E-state index contributed by atoms with van der Waals surface area (Å²) < 4.78 is 4.82. The number of amides is 1. The highest BCUT2D eigenvalue weighted by atomic mass is 16.5. The zero-order valence-corrected chi connectivity index (χ0v) is 11.3. The van der Waals surface area contributed by atoms with Crippen LogP contribution in [0.2, 0.25) is 0 Å². The lowest BCUT2D eigenvalue weighted by Crippen LogP contribution is -2.42. The minimum absolute atomic E-state index is 0.0664. The zero-order chi connectivity index (χ0) is 14.4.